The van der Waals surface area contributed by atoms with Gasteiger partial charge in [-0.3, -0.25) is 0 Å². The smallest absolute Gasteiger partial charge is 0.164 e. The van der Waals surface area contributed by atoms with Crippen LogP contribution in [0.4, 0.5) is 0 Å². The quantitative estimate of drug-likeness (QED) is 0.180. The van der Waals surface area contributed by atoms with Gasteiger partial charge in [-0.2, -0.15) is 0 Å². The molecule has 0 aliphatic carbocycles. The fraction of sp³-hybridized carbons (Fsp3) is 0. The molecule has 0 N–H and O–H groups in total. The fourth-order valence-corrected chi connectivity index (χ4v) is 9.19. The van der Waals surface area contributed by atoms with Crippen LogP contribution in [-0.4, -0.2) is 15.0 Å². The van der Waals surface area contributed by atoms with E-state index in [1.807, 2.05) is 0 Å². The molecule has 3 heterocycles. The van der Waals surface area contributed by atoms with Crippen molar-refractivity contribution in [1.29, 1.82) is 0 Å². The molecule has 0 atom stereocenters. The maximum Gasteiger partial charge on any atom is 0.164 e. The van der Waals surface area contributed by atoms with Gasteiger partial charge in [0.25, 0.3) is 0 Å². The third kappa shape index (κ3) is 4.92. The lowest BCUT2D eigenvalue weighted by atomic mass is 9.97. The second kappa shape index (κ2) is 12.1. The van der Waals surface area contributed by atoms with Gasteiger partial charge in [-0.25, -0.2) is 15.0 Å². The van der Waals surface area contributed by atoms with E-state index >= 15 is 0 Å². The van der Waals surface area contributed by atoms with Crippen molar-refractivity contribution in [3.8, 4) is 65.9 Å². The maximum absolute atomic E-state index is 5.17. The van der Waals surface area contributed by atoms with Crippen LogP contribution in [0.25, 0.3) is 86.1 Å². The highest BCUT2D eigenvalue weighted by atomic mass is 32.1. The van der Waals surface area contributed by atoms with Crippen molar-refractivity contribution >= 4 is 42.8 Å². The number of rotatable bonds is 6. The third-order valence-electron chi connectivity index (χ3n) is 8.68. The Labute approximate surface area is 286 Å². The Morgan fingerprint density at radius 3 is 1.12 bits per heavy atom. The van der Waals surface area contributed by atoms with Crippen molar-refractivity contribution in [3.63, 3.8) is 0 Å². The molecule has 3 nitrogen and oxygen atoms in total. The second-order valence-corrected chi connectivity index (χ2v) is 13.6. The van der Waals surface area contributed by atoms with Gasteiger partial charge >= 0.3 is 0 Å². The molecule has 0 aliphatic rings. The first kappa shape index (κ1) is 28.5. The highest BCUT2D eigenvalue weighted by molar-refractivity contribution is 7.24. The Bertz CT molecular complexity index is 2360. The molecule has 0 saturated heterocycles. The zero-order chi connectivity index (χ0) is 31.9. The van der Waals surface area contributed by atoms with Crippen LogP contribution < -0.4 is 0 Å². The summed E-state index contributed by atoms with van der Waals surface area (Å²) in [5.74, 6) is 1.34. The van der Waals surface area contributed by atoms with E-state index in [1.165, 1.54) is 63.3 Å². The first-order valence-corrected chi connectivity index (χ1v) is 17.5. The van der Waals surface area contributed by atoms with E-state index in [-0.39, 0.29) is 0 Å². The van der Waals surface area contributed by atoms with Gasteiger partial charge < -0.3 is 0 Å². The maximum atomic E-state index is 5.17. The van der Waals surface area contributed by atoms with Crippen molar-refractivity contribution in [2.45, 2.75) is 0 Å². The monoisotopic (exact) mass is 649 g/mol. The Morgan fingerprint density at radius 2 is 0.729 bits per heavy atom. The minimum atomic E-state index is 0.672. The minimum absolute atomic E-state index is 0.672. The normalized spacial score (nSPS) is 11.3. The molecule has 9 aromatic rings. The lowest BCUT2D eigenvalue weighted by Gasteiger charge is -2.07. The van der Waals surface area contributed by atoms with Gasteiger partial charge in [0.1, 0.15) is 6.33 Å². The molecule has 0 aliphatic heterocycles. The Morgan fingerprint density at radius 1 is 0.354 bits per heavy atom. The molecular formula is C43H27N3S2. The van der Waals surface area contributed by atoms with Gasteiger partial charge in [0.05, 0.1) is 0 Å². The summed E-state index contributed by atoms with van der Waals surface area (Å²) < 4.78 is 2.33. The summed E-state index contributed by atoms with van der Waals surface area (Å²) in [4.78, 5) is 17.2. The van der Waals surface area contributed by atoms with E-state index in [0.29, 0.717) is 11.6 Å². The largest absolute Gasteiger partial charge is 0.216 e. The Kier molecular flexibility index (Phi) is 7.19. The molecular weight excluding hydrogens is 623 g/mol. The highest BCUT2D eigenvalue weighted by Gasteiger charge is 2.22. The number of hydrogen-bond acceptors (Lipinski definition) is 5. The standard InChI is InChI=1S/C43H27N3S2/c1-5-15-28(16-6-1)36-32-23-13-25-34(40(32)47-38(36)30-19-9-3-10-20-30)42-44-27-45-43(46-42)35-26-14-24-33-37(29-17-7-2-8-18-29)39(48-41(33)35)31-21-11-4-12-22-31/h1-27H. The summed E-state index contributed by atoms with van der Waals surface area (Å²) >= 11 is 3.60. The van der Waals surface area contributed by atoms with Crippen molar-refractivity contribution < 1.29 is 0 Å². The topological polar surface area (TPSA) is 38.7 Å². The van der Waals surface area contributed by atoms with Gasteiger partial charge in [0.2, 0.25) is 0 Å². The molecule has 9 rings (SSSR count). The van der Waals surface area contributed by atoms with Crippen LogP contribution >= 0.6 is 22.7 Å². The van der Waals surface area contributed by atoms with Gasteiger partial charge in [0, 0.05) is 52.2 Å². The lowest BCUT2D eigenvalue weighted by molar-refractivity contribution is 1.07. The van der Waals surface area contributed by atoms with Crippen LogP contribution in [0.15, 0.2) is 164 Å². The summed E-state index contributed by atoms with van der Waals surface area (Å²) in [5.41, 5.74) is 9.29. The first-order chi connectivity index (χ1) is 23.8. The molecule has 0 spiro atoms. The van der Waals surface area contributed by atoms with Crippen LogP contribution in [0.3, 0.4) is 0 Å². The van der Waals surface area contributed by atoms with Crippen molar-refractivity contribution in [3.05, 3.63) is 164 Å². The molecule has 0 saturated carbocycles. The molecule has 0 bridgehead atoms. The van der Waals surface area contributed by atoms with Crippen molar-refractivity contribution in [1.82, 2.24) is 15.0 Å². The highest BCUT2D eigenvalue weighted by Crippen LogP contribution is 2.49. The number of fused-ring (bicyclic) bond motifs is 2. The zero-order valence-electron chi connectivity index (χ0n) is 25.7. The molecule has 0 radical (unpaired) electrons. The summed E-state index contributed by atoms with van der Waals surface area (Å²) in [6.07, 6.45) is 1.66. The predicted molar refractivity (Wildman–Crippen MR) is 203 cm³/mol. The molecule has 6 aromatic carbocycles. The van der Waals surface area contributed by atoms with E-state index in [2.05, 4.69) is 158 Å². The average Bonchev–Trinajstić information content (AvgIpc) is 3.76. The van der Waals surface area contributed by atoms with Crippen molar-refractivity contribution in [2.75, 3.05) is 0 Å². The van der Waals surface area contributed by atoms with E-state index in [1.54, 1.807) is 29.0 Å². The summed E-state index contributed by atoms with van der Waals surface area (Å²) in [5, 5.41) is 2.40. The number of nitrogens with zero attached hydrogens (tertiary/aromatic N) is 3. The molecule has 226 valence electrons. The SMILES string of the molecule is c1ccc(-c2sc3c(-c4ncnc(-c5cccc6c(-c7ccccc7)c(-c7ccccc7)sc56)n4)cccc3c2-c2ccccc2)cc1. The van der Waals surface area contributed by atoms with E-state index < -0.39 is 0 Å². The van der Waals surface area contributed by atoms with E-state index in [9.17, 15) is 0 Å². The van der Waals surface area contributed by atoms with Gasteiger partial charge in [-0.1, -0.05) is 146 Å². The Balaban J connectivity index is 1.23. The molecule has 0 unspecified atom stereocenters. The molecule has 5 heteroatoms. The fourth-order valence-electron chi connectivity index (χ4n) is 6.51. The van der Waals surface area contributed by atoms with Crippen molar-refractivity contribution in [2.24, 2.45) is 0 Å². The van der Waals surface area contributed by atoms with E-state index in [4.69, 9.17) is 15.0 Å². The third-order valence-corrected chi connectivity index (χ3v) is 11.3. The van der Waals surface area contributed by atoms with Gasteiger partial charge in [-0.05, 0) is 34.4 Å². The molecule has 0 fully saturated rings. The number of aromatic nitrogens is 3. The van der Waals surface area contributed by atoms with Gasteiger partial charge in [0.15, 0.2) is 11.6 Å². The van der Waals surface area contributed by atoms with Crippen LogP contribution in [-0.2, 0) is 0 Å². The summed E-state index contributed by atoms with van der Waals surface area (Å²) in [6, 6.07) is 55.5. The zero-order valence-corrected chi connectivity index (χ0v) is 27.4. The number of thiophene rings is 2. The van der Waals surface area contributed by atoms with Crippen LogP contribution in [0.2, 0.25) is 0 Å². The lowest BCUT2D eigenvalue weighted by Crippen LogP contribution is -1.95. The Hall–Kier alpha value is -5.75. The molecule has 48 heavy (non-hydrogen) atoms. The first-order valence-electron chi connectivity index (χ1n) is 15.9. The molecule has 3 aromatic heterocycles. The summed E-state index contributed by atoms with van der Waals surface area (Å²) in [6.45, 7) is 0. The van der Waals surface area contributed by atoms with Crippen LogP contribution in [0, 0.1) is 0 Å². The number of hydrogen-bond donors (Lipinski definition) is 0. The number of benzene rings is 6. The van der Waals surface area contributed by atoms with E-state index in [0.717, 1.165) is 11.1 Å². The minimum Gasteiger partial charge on any atom is -0.216 e. The van der Waals surface area contributed by atoms with Crippen LogP contribution in [0.5, 0.6) is 0 Å². The second-order valence-electron chi connectivity index (χ2n) is 11.6. The summed E-state index contributed by atoms with van der Waals surface area (Å²) in [7, 11) is 0. The molecule has 0 amide bonds. The van der Waals surface area contributed by atoms with Gasteiger partial charge in [-0.15, -0.1) is 22.7 Å². The predicted octanol–water partition coefficient (Wildman–Crippen LogP) is 12.3. The average molecular weight is 650 g/mol. The van der Waals surface area contributed by atoms with Crippen LogP contribution in [0.1, 0.15) is 0 Å².